The topological polar surface area (TPSA) is 65.0 Å². The van der Waals surface area contributed by atoms with E-state index in [1.54, 1.807) is 0 Å². The first kappa shape index (κ1) is 24.9. The molecule has 2 heterocycles. The first-order valence-corrected chi connectivity index (χ1v) is 10.3. The van der Waals surface area contributed by atoms with Crippen molar-refractivity contribution in [2.24, 2.45) is 4.99 Å². The summed E-state index contributed by atoms with van der Waals surface area (Å²) < 4.78 is 5.36. The van der Waals surface area contributed by atoms with Crippen LogP contribution < -0.4 is 15.5 Å². The van der Waals surface area contributed by atoms with E-state index in [4.69, 9.17) is 4.74 Å². The molecular weight excluding hydrogens is 467 g/mol. The first-order valence-electron chi connectivity index (χ1n) is 10.3. The summed E-state index contributed by atoms with van der Waals surface area (Å²) in [7, 11) is 0. The van der Waals surface area contributed by atoms with Gasteiger partial charge in [-0.05, 0) is 38.4 Å². The number of nitrogens with one attached hydrogen (secondary N) is 2. The molecule has 0 saturated carbocycles. The predicted molar refractivity (Wildman–Crippen MR) is 128 cm³/mol. The number of guanidine groups is 1. The molecule has 0 aromatic carbocycles. The third kappa shape index (κ3) is 8.91. The fourth-order valence-corrected chi connectivity index (χ4v) is 3.03. The highest BCUT2D eigenvalue weighted by molar-refractivity contribution is 14.0. The summed E-state index contributed by atoms with van der Waals surface area (Å²) >= 11 is 0. The van der Waals surface area contributed by atoms with Gasteiger partial charge in [-0.25, -0.2) is 9.98 Å². The maximum Gasteiger partial charge on any atom is 0.191 e. The van der Waals surface area contributed by atoms with Crippen LogP contribution in [-0.2, 0) is 11.3 Å². The summed E-state index contributed by atoms with van der Waals surface area (Å²) in [6, 6.07) is 4.26. The Morgan fingerprint density at radius 3 is 2.54 bits per heavy atom. The molecule has 28 heavy (non-hydrogen) atoms. The summed E-state index contributed by atoms with van der Waals surface area (Å²) in [6.07, 6.45) is 2.92. The Kier molecular flexibility index (Phi) is 13.2. The van der Waals surface area contributed by atoms with Crippen LogP contribution in [0.15, 0.2) is 23.3 Å². The molecule has 1 aromatic rings. The van der Waals surface area contributed by atoms with Gasteiger partial charge in [-0.3, -0.25) is 0 Å². The maximum atomic E-state index is 5.36. The van der Waals surface area contributed by atoms with E-state index < -0.39 is 0 Å². The van der Waals surface area contributed by atoms with Gasteiger partial charge in [0.25, 0.3) is 0 Å². The fraction of sp³-hybridized carbons (Fsp3) is 0.700. The third-order valence-electron chi connectivity index (χ3n) is 4.68. The van der Waals surface area contributed by atoms with Crippen molar-refractivity contribution in [3.63, 3.8) is 0 Å². The number of pyridine rings is 1. The second-order valence-corrected chi connectivity index (χ2v) is 6.62. The van der Waals surface area contributed by atoms with Crippen LogP contribution in [0.5, 0.6) is 0 Å². The van der Waals surface area contributed by atoms with Crippen LogP contribution in [0.1, 0.15) is 32.8 Å². The molecule has 0 amide bonds. The van der Waals surface area contributed by atoms with Crippen LogP contribution in [-0.4, -0.2) is 74.9 Å². The number of hydrogen-bond acceptors (Lipinski definition) is 5. The molecule has 8 heteroatoms. The quantitative estimate of drug-likeness (QED) is 0.221. The molecule has 1 aromatic heterocycles. The average Bonchev–Trinajstić information content (AvgIpc) is 2.72. The normalized spacial score (nSPS) is 15.2. The molecule has 1 aliphatic heterocycles. The largest absolute Gasteiger partial charge is 0.382 e. The Hall–Kier alpha value is -1.13. The highest BCUT2D eigenvalue weighted by atomic mass is 127. The highest BCUT2D eigenvalue weighted by Crippen LogP contribution is 2.14. The van der Waals surface area contributed by atoms with Crippen molar-refractivity contribution in [2.75, 3.05) is 63.9 Å². The zero-order valence-corrected chi connectivity index (χ0v) is 19.9. The summed E-state index contributed by atoms with van der Waals surface area (Å²) in [5.74, 6) is 1.91. The molecule has 7 nitrogen and oxygen atoms in total. The van der Waals surface area contributed by atoms with Crippen LogP contribution in [0.3, 0.4) is 0 Å². The number of nitrogens with zero attached hydrogens (tertiary/aromatic N) is 4. The van der Waals surface area contributed by atoms with Gasteiger partial charge < -0.3 is 25.2 Å². The van der Waals surface area contributed by atoms with E-state index in [0.717, 1.165) is 82.8 Å². The van der Waals surface area contributed by atoms with Crippen molar-refractivity contribution < 1.29 is 4.74 Å². The molecule has 0 radical (unpaired) electrons. The van der Waals surface area contributed by atoms with E-state index in [0.29, 0.717) is 6.54 Å². The van der Waals surface area contributed by atoms with Crippen molar-refractivity contribution >= 4 is 35.8 Å². The van der Waals surface area contributed by atoms with Gasteiger partial charge in [-0.2, -0.15) is 0 Å². The van der Waals surface area contributed by atoms with E-state index in [-0.39, 0.29) is 24.0 Å². The Balaban J connectivity index is 0.00000392. The molecular formula is C20H37IN6O. The summed E-state index contributed by atoms with van der Waals surface area (Å²) in [6.45, 7) is 15.6. The molecule has 0 spiro atoms. The number of aromatic nitrogens is 1. The number of piperazine rings is 1. The number of likely N-dealkylation sites (N-methyl/N-ethyl adjacent to an activating group) is 1. The summed E-state index contributed by atoms with van der Waals surface area (Å²) in [4.78, 5) is 14.2. The van der Waals surface area contributed by atoms with Crippen molar-refractivity contribution in [3.8, 4) is 0 Å². The molecule has 2 N–H and O–H groups in total. The molecule has 0 bridgehead atoms. The molecule has 1 fully saturated rings. The molecule has 1 saturated heterocycles. The van der Waals surface area contributed by atoms with Crippen molar-refractivity contribution in [2.45, 2.75) is 33.7 Å². The lowest BCUT2D eigenvalue weighted by Gasteiger charge is -2.34. The molecule has 0 aliphatic carbocycles. The lowest BCUT2D eigenvalue weighted by Crippen LogP contribution is -2.46. The molecule has 0 unspecified atom stereocenters. The van der Waals surface area contributed by atoms with Gasteiger partial charge in [-0.15, -0.1) is 24.0 Å². The summed E-state index contributed by atoms with van der Waals surface area (Å²) in [5.41, 5.74) is 1.12. The minimum Gasteiger partial charge on any atom is -0.382 e. The van der Waals surface area contributed by atoms with Gasteiger partial charge in [0.2, 0.25) is 0 Å². The zero-order valence-electron chi connectivity index (χ0n) is 17.6. The first-order chi connectivity index (χ1) is 13.3. The van der Waals surface area contributed by atoms with Gasteiger partial charge in [0.05, 0.1) is 6.54 Å². The van der Waals surface area contributed by atoms with Crippen LogP contribution in [0.4, 0.5) is 5.82 Å². The van der Waals surface area contributed by atoms with E-state index in [2.05, 4.69) is 56.4 Å². The van der Waals surface area contributed by atoms with Gasteiger partial charge in [0, 0.05) is 58.7 Å². The smallest absolute Gasteiger partial charge is 0.191 e. The second-order valence-electron chi connectivity index (χ2n) is 6.62. The van der Waals surface area contributed by atoms with Gasteiger partial charge >= 0.3 is 0 Å². The van der Waals surface area contributed by atoms with Crippen molar-refractivity contribution in [3.05, 3.63) is 23.9 Å². The van der Waals surface area contributed by atoms with Gasteiger partial charge in [0.15, 0.2) is 5.96 Å². The number of halogens is 1. The average molecular weight is 504 g/mol. The Labute approximate surface area is 187 Å². The van der Waals surface area contributed by atoms with E-state index >= 15 is 0 Å². The Bertz CT molecular complexity index is 546. The maximum absolute atomic E-state index is 5.36. The van der Waals surface area contributed by atoms with Gasteiger partial charge in [-0.1, -0.05) is 13.0 Å². The Morgan fingerprint density at radius 1 is 1.14 bits per heavy atom. The SMILES string of the molecule is CCNC(=NCc1ccc(N2CCN(CC)CC2)nc1)NCCCOCC.I. The minimum absolute atomic E-state index is 0. The second kappa shape index (κ2) is 14.8. The van der Waals surface area contributed by atoms with Crippen LogP contribution >= 0.6 is 24.0 Å². The number of ether oxygens (including phenoxy) is 1. The lowest BCUT2D eigenvalue weighted by atomic mass is 10.2. The summed E-state index contributed by atoms with van der Waals surface area (Å²) in [5, 5.41) is 6.63. The van der Waals surface area contributed by atoms with E-state index in [1.165, 1.54) is 0 Å². The molecule has 2 rings (SSSR count). The highest BCUT2D eigenvalue weighted by Gasteiger charge is 2.16. The number of rotatable bonds is 10. The zero-order chi connectivity index (χ0) is 19.3. The number of aliphatic imine (C=N–C) groups is 1. The molecule has 160 valence electrons. The van der Waals surface area contributed by atoms with E-state index in [1.807, 2.05) is 13.1 Å². The van der Waals surface area contributed by atoms with Crippen molar-refractivity contribution in [1.82, 2.24) is 20.5 Å². The predicted octanol–water partition coefficient (Wildman–Crippen LogP) is 2.32. The minimum atomic E-state index is 0. The van der Waals surface area contributed by atoms with Crippen LogP contribution in [0.25, 0.3) is 0 Å². The monoisotopic (exact) mass is 504 g/mol. The van der Waals surface area contributed by atoms with Crippen LogP contribution in [0, 0.1) is 0 Å². The fourth-order valence-electron chi connectivity index (χ4n) is 3.03. The number of hydrogen-bond donors (Lipinski definition) is 2. The third-order valence-corrected chi connectivity index (χ3v) is 4.68. The van der Waals surface area contributed by atoms with Crippen molar-refractivity contribution in [1.29, 1.82) is 0 Å². The molecule has 1 aliphatic rings. The standard InChI is InChI=1S/C20H36N6O.HI/c1-4-21-20(22-10-7-15-27-6-3)24-17-18-8-9-19(23-16-18)26-13-11-25(5-2)12-14-26;/h8-9,16H,4-7,10-15,17H2,1-3H3,(H2,21,22,24);1H. The van der Waals surface area contributed by atoms with Gasteiger partial charge in [0.1, 0.15) is 5.82 Å². The lowest BCUT2D eigenvalue weighted by molar-refractivity contribution is 0.145. The molecule has 0 atom stereocenters. The Morgan fingerprint density at radius 2 is 1.93 bits per heavy atom. The van der Waals surface area contributed by atoms with Crippen LogP contribution in [0.2, 0.25) is 0 Å². The number of anilines is 1. The van der Waals surface area contributed by atoms with E-state index in [9.17, 15) is 0 Å².